The summed E-state index contributed by atoms with van der Waals surface area (Å²) < 4.78 is 2.12. The Hall–Kier alpha value is -2.47. The molecule has 0 aliphatic carbocycles. The molecule has 0 spiro atoms. The number of nitrogens with one attached hydrogen (secondary N) is 1. The highest BCUT2D eigenvalue weighted by Crippen LogP contribution is 2.09. The molecule has 1 aliphatic rings. The van der Waals surface area contributed by atoms with E-state index in [2.05, 4.69) is 50.7 Å². The summed E-state index contributed by atoms with van der Waals surface area (Å²) in [6.45, 7) is 7.25. The molecule has 0 unspecified atom stereocenters. The van der Waals surface area contributed by atoms with Crippen LogP contribution < -0.4 is 9.80 Å². The molecule has 3 aromatic rings. The molecule has 0 aromatic carbocycles. The van der Waals surface area contributed by atoms with Gasteiger partial charge in [0, 0.05) is 24.8 Å². The fraction of sp³-hybridized carbons (Fsp3) is 0.353. The first-order chi connectivity index (χ1) is 11.3. The second-order valence-electron chi connectivity index (χ2n) is 6.12. The number of quaternary nitrogens is 1. The Kier molecular flexibility index (Phi) is 3.67. The van der Waals surface area contributed by atoms with Gasteiger partial charge in [-0.05, 0) is 24.6 Å². The molecule has 0 saturated carbocycles. The number of aryl methyl sites for hydroxylation is 1. The number of hydrogen-bond acceptors (Lipinski definition) is 4. The van der Waals surface area contributed by atoms with E-state index < -0.39 is 0 Å². The summed E-state index contributed by atoms with van der Waals surface area (Å²) in [5.41, 5.74) is 3.46. The summed E-state index contributed by atoms with van der Waals surface area (Å²) >= 11 is 0. The monoisotopic (exact) mass is 309 g/mol. The van der Waals surface area contributed by atoms with Gasteiger partial charge in [-0.1, -0.05) is 6.07 Å². The van der Waals surface area contributed by atoms with Crippen molar-refractivity contribution in [1.82, 2.24) is 19.4 Å². The van der Waals surface area contributed by atoms with Gasteiger partial charge in [0.15, 0.2) is 0 Å². The SMILES string of the molecule is Cc1cccn2cc(C[NH+]3CCN(c4ncccn4)CC3)nc12. The van der Waals surface area contributed by atoms with Crippen molar-refractivity contribution in [3.05, 3.63) is 54.2 Å². The standard InChI is InChI=1S/C17H20N6/c1-14-4-2-7-23-13-15(20-16(14)23)12-21-8-10-22(11-9-21)17-18-5-3-6-19-17/h2-7,13H,8-12H2,1H3/p+1. The van der Waals surface area contributed by atoms with Gasteiger partial charge in [0.1, 0.15) is 17.9 Å². The highest BCUT2D eigenvalue weighted by molar-refractivity contribution is 5.47. The number of piperazine rings is 1. The Balaban J connectivity index is 1.41. The van der Waals surface area contributed by atoms with Crippen molar-refractivity contribution in [2.75, 3.05) is 31.1 Å². The number of fused-ring (bicyclic) bond motifs is 1. The first kappa shape index (κ1) is 14.1. The van der Waals surface area contributed by atoms with Crippen LogP contribution in [-0.4, -0.2) is 45.5 Å². The highest BCUT2D eigenvalue weighted by atomic mass is 15.3. The van der Waals surface area contributed by atoms with E-state index in [0.29, 0.717) is 0 Å². The van der Waals surface area contributed by atoms with Gasteiger partial charge in [-0.25, -0.2) is 15.0 Å². The molecule has 6 nitrogen and oxygen atoms in total. The van der Waals surface area contributed by atoms with E-state index in [1.165, 1.54) is 11.3 Å². The zero-order chi connectivity index (χ0) is 15.6. The van der Waals surface area contributed by atoms with E-state index >= 15 is 0 Å². The molecule has 1 aliphatic heterocycles. The third-order valence-corrected chi connectivity index (χ3v) is 4.46. The van der Waals surface area contributed by atoms with Crippen LogP contribution in [-0.2, 0) is 6.54 Å². The van der Waals surface area contributed by atoms with Gasteiger partial charge < -0.3 is 14.2 Å². The predicted octanol–water partition coefficient (Wildman–Crippen LogP) is 0.338. The molecule has 0 bridgehead atoms. The lowest BCUT2D eigenvalue weighted by Crippen LogP contribution is -3.13. The lowest BCUT2D eigenvalue weighted by atomic mass is 10.3. The van der Waals surface area contributed by atoms with Gasteiger partial charge in [0.25, 0.3) is 0 Å². The summed E-state index contributed by atoms with van der Waals surface area (Å²) in [6, 6.07) is 6.03. The van der Waals surface area contributed by atoms with Crippen LogP contribution in [0.1, 0.15) is 11.3 Å². The number of aromatic nitrogens is 4. The van der Waals surface area contributed by atoms with Crippen molar-refractivity contribution in [3.8, 4) is 0 Å². The zero-order valence-electron chi connectivity index (χ0n) is 13.3. The van der Waals surface area contributed by atoms with Gasteiger partial charge in [-0.3, -0.25) is 0 Å². The van der Waals surface area contributed by atoms with Crippen molar-refractivity contribution in [1.29, 1.82) is 0 Å². The van der Waals surface area contributed by atoms with Gasteiger partial charge in [-0.2, -0.15) is 0 Å². The minimum Gasteiger partial charge on any atom is -0.330 e. The molecule has 4 rings (SSSR count). The van der Waals surface area contributed by atoms with Crippen LogP contribution in [0.25, 0.3) is 5.65 Å². The van der Waals surface area contributed by atoms with E-state index in [4.69, 9.17) is 4.98 Å². The molecule has 0 radical (unpaired) electrons. The summed E-state index contributed by atoms with van der Waals surface area (Å²) in [7, 11) is 0. The summed E-state index contributed by atoms with van der Waals surface area (Å²) in [6.07, 6.45) is 7.84. The van der Waals surface area contributed by atoms with Gasteiger partial charge in [-0.15, -0.1) is 0 Å². The third-order valence-electron chi connectivity index (χ3n) is 4.46. The lowest BCUT2D eigenvalue weighted by Gasteiger charge is -2.31. The Morgan fingerprint density at radius 2 is 1.91 bits per heavy atom. The summed E-state index contributed by atoms with van der Waals surface area (Å²) in [4.78, 5) is 17.3. The molecule has 3 aromatic heterocycles. The second-order valence-corrected chi connectivity index (χ2v) is 6.12. The van der Waals surface area contributed by atoms with Crippen LogP contribution in [0.15, 0.2) is 43.0 Å². The van der Waals surface area contributed by atoms with Crippen LogP contribution in [0.5, 0.6) is 0 Å². The van der Waals surface area contributed by atoms with Crippen LogP contribution in [0.2, 0.25) is 0 Å². The molecular formula is C17H21N6+. The van der Waals surface area contributed by atoms with Crippen LogP contribution in [0.4, 0.5) is 5.95 Å². The smallest absolute Gasteiger partial charge is 0.225 e. The summed E-state index contributed by atoms with van der Waals surface area (Å²) in [5.74, 6) is 0.843. The highest BCUT2D eigenvalue weighted by Gasteiger charge is 2.22. The number of hydrogen-bond donors (Lipinski definition) is 1. The minimum atomic E-state index is 0.843. The van der Waals surface area contributed by atoms with Crippen LogP contribution in [0, 0.1) is 6.92 Å². The molecule has 0 amide bonds. The Labute approximate surface area is 135 Å². The largest absolute Gasteiger partial charge is 0.330 e. The molecule has 118 valence electrons. The van der Waals surface area contributed by atoms with E-state index in [-0.39, 0.29) is 0 Å². The summed E-state index contributed by atoms with van der Waals surface area (Å²) in [5, 5.41) is 0. The van der Waals surface area contributed by atoms with Crippen LogP contribution in [0.3, 0.4) is 0 Å². The minimum absolute atomic E-state index is 0.843. The quantitative estimate of drug-likeness (QED) is 0.758. The van der Waals surface area contributed by atoms with Gasteiger partial charge >= 0.3 is 0 Å². The molecule has 1 N–H and O–H groups in total. The number of pyridine rings is 1. The molecule has 1 fully saturated rings. The maximum atomic E-state index is 4.79. The number of anilines is 1. The number of nitrogens with zero attached hydrogens (tertiary/aromatic N) is 5. The average molecular weight is 309 g/mol. The fourth-order valence-corrected chi connectivity index (χ4v) is 3.20. The normalized spacial score (nSPS) is 16.1. The molecule has 1 saturated heterocycles. The molecule has 6 heteroatoms. The first-order valence-electron chi connectivity index (χ1n) is 8.08. The Morgan fingerprint density at radius 3 is 2.65 bits per heavy atom. The maximum absolute atomic E-state index is 4.79. The average Bonchev–Trinajstić information content (AvgIpc) is 3.00. The van der Waals surface area contributed by atoms with E-state index in [9.17, 15) is 0 Å². The van der Waals surface area contributed by atoms with Crippen molar-refractivity contribution >= 4 is 11.6 Å². The lowest BCUT2D eigenvalue weighted by molar-refractivity contribution is -0.914. The Morgan fingerprint density at radius 1 is 1.13 bits per heavy atom. The molecule has 4 heterocycles. The molecule has 23 heavy (non-hydrogen) atoms. The first-order valence-corrected chi connectivity index (χ1v) is 8.08. The number of imidazole rings is 1. The second kappa shape index (κ2) is 5.96. The van der Waals surface area contributed by atoms with Gasteiger partial charge in [0.05, 0.1) is 26.2 Å². The van der Waals surface area contributed by atoms with Gasteiger partial charge in [0.2, 0.25) is 5.95 Å². The predicted molar refractivity (Wildman–Crippen MR) is 88.6 cm³/mol. The maximum Gasteiger partial charge on any atom is 0.225 e. The van der Waals surface area contributed by atoms with Crippen LogP contribution >= 0.6 is 0 Å². The van der Waals surface area contributed by atoms with E-state index in [0.717, 1.165) is 44.3 Å². The fourth-order valence-electron chi connectivity index (χ4n) is 3.20. The van der Waals surface area contributed by atoms with E-state index in [1.54, 1.807) is 17.3 Å². The molecule has 0 atom stereocenters. The topological polar surface area (TPSA) is 50.8 Å². The van der Waals surface area contributed by atoms with Crippen molar-refractivity contribution < 1.29 is 4.90 Å². The van der Waals surface area contributed by atoms with Crippen molar-refractivity contribution in [2.45, 2.75) is 13.5 Å². The third kappa shape index (κ3) is 2.90. The Bertz CT molecular complexity index is 789. The molecular weight excluding hydrogens is 288 g/mol. The van der Waals surface area contributed by atoms with Crippen molar-refractivity contribution in [2.24, 2.45) is 0 Å². The zero-order valence-corrected chi connectivity index (χ0v) is 13.3. The van der Waals surface area contributed by atoms with Crippen molar-refractivity contribution in [3.63, 3.8) is 0 Å². The van der Waals surface area contributed by atoms with E-state index in [1.807, 2.05) is 6.07 Å². The number of rotatable bonds is 3.